The summed E-state index contributed by atoms with van der Waals surface area (Å²) < 4.78 is 18.9. The predicted octanol–water partition coefficient (Wildman–Crippen LogP) is 3.19. The van der Waals surface area contributed by atoms with Crippen molar-refractivity contribution >= 4 is 0 Å². The molecule has 3 atom stereocenters. The van der Waals surface area contributed by atoms with Crippen LogP contribution >= 0.6 is 0 Å². The summed E-state index contributed by atoms with van der Waals surface area (Å²) in [6, 6.07) is 6.39. The second-order valence-corrected chi connectivity index (χ2v) is 7.29. The highest BCUT2D eigenvalue weighted by Crippen LogP contribution is 2.38. The summed E-state index contributed by atoms with van der Waals surface area (Å²) >= 11 is 0. The summed E-state index contributed by atoms with van der Waals surface area (Å²) in [5.41, 5.74) is 4.74. The van der Waals surface area contributed by atoms with Crippen molar-refractivity contribution in [1.29, 1.82) is 0 Å². The zero-order chi connectivity index (χ0) is 18.3. The van der Waals surface area contributed by atoms with Gasteiger partial charge >= 0.3 is 0 Å². The number of aryl methyl sites for hydroxylation is 2. The summed E-state index contributed by atoms with van der Waals surface area (Å²) in [5.74, 6) is 2.11. The lowest BCUT2D eigenvalue weighted by molar-refractivity contribution is 0.0888. The van der Waals surface area contributed by atoms with Gasteiger partial charge in [0.15, 0.2) is 11.5 Å². The maximum atomic E-state index is 6.10. The number of ether oxygens (including phenoxy) is 3. The molecule has 6 heteroatoms. The number of hydrogen-bond donors (Lipinski definition) is 1. The third-order valence-corrected chi connectivity index (χ3v) is 5.65. The number of nitrogens with zero attached hydrogens (tertiary/aromatic N) is 2. The van der Waals surface area contributed by atoms with E-state index in [1.165, 1.54) is 16.8 Å². The van der Waals surface area contributed by atoms with Crippen molar-refractivity contribution in [2.24, 2.45) is 13.0 Å². The Kier molecular flexibility index (Phi) is 4.63. The molecule has 0 saturated carbocycles. The van der Waals surface area contributed by atoms with E-state index in [0.29, 0.717) is 12.7 Å². The van der Waals surface area contributed by atoms with Crippen molar-refractivity contribution in [3.63, 3.8) is 0 Å². The van der Waals surface area contributed by atoms with Gasteiger partial charge in [0.2, 0.25) is 6.79 Å². The van der Waals surface area contributed by atoms with Gasteiger partial charge in [-0.05, 0) is 44.9 Å². The van der Waals surface area contributed by atoms with E-state index < -0.39 is 0 Å². The molecule has 2 aliphatic heterocycles. The number of rotatable bonds is 5. The minimum absolute atomic E-state index is 0.125. The van der Waals surface area contributed by atoms with E-state index >= 15 is 0 Å². The molecule has 1 saturated heterocycles. The van der Waals surface area contributed by atoms with Gasteiger partial charge in [0.05, 0.1) is 11.8 Å². The molecule has 0 aliphatic carbocycles. The summed E-state index contributed by atoms with van der Waals surface area (Å²) in [4.78, 5) is 0. The van der Waals surface area contributed by atoms with Gasteiger partial charge in [-0.1, -0.05) is 6.07 Å². The molecule has 1 N–H and O–H groups in total. The Morgan fingerprint density at radius 2 is 2.08 bits per heavy atom. The van der Waals surface area contributed by atoms with Crippen molar-refractivity contribution in [1.82, 2.24) is 15.1 Å². The Bertz CT molecular complexity index is 802. The quantitative estimate of drug-likeness (QED) is 0.891. The largest absolute Gasteiger partial charge is 0.454 e. The summed E-state index contributed by atoms with van der Waals surface area (Å²) in [7, 11) is 2.00. The van der Waals surface area contributed by atoms with E-state index in [2.05, 4.69) is 43.3 Å². The average molecular weight is 357 g/mol. The number of nitrogens with one attached hydrogen (secondary N) is 1. The zero-order valence-corrected chi connectivity index (χ0v) is 15.9. The van der Waals surface area contributed by atoms with Crippen LogP contribution in [0.25, 0.3) is 0 Å². The first-order valence-corrected chi connectivity index (χ1v) is 9.29. The summed E-state index contributed by atoms with van der Waals surface area (Å²) in [5, 5.41) is 8.23. The minimum atomic E-state index is 0.125. The van der Waals surface area contributed by atoms with E-state index in [1.807, 2.05) is 17.8 Å². The maximum absolute atomic E-state index is 6.10. The van der Waals surface area contributed by atoms with E-state index in [-0.39, 0.29) is 12.1 Å². The Morgan fingerprint density at radius 3 is 2.85 bits per heavy atom. The van der Waals surface area contributed by atoms with Crippen LogP contribution in [0.2, 0.25) is 0 Å². The SMILES string of the molecule is Cc1nn(C)c(C)c1[C@H]1OCC[C@@H]1CNC(C)c1ccc2c(c1)OCO2. The number of benzene rings is 1. The van der Waals surface area contributed by atoms with Crippen LogP contribution in [-0.2, 0) is 11.8 Å². The lowest BCUT2D eigenvalue weighted by Crippen LogP contribution is -2.27. The minimum Gasteiger partial charge on any atom is -0.454 e. The van der Waals surface area contributed by atoms with Gasteiger partial charge < -0.3 is 19.5 Å². The molecule has 1 aromatic carbocycles. The molecule has 1 aromatic heterocycles. The Hall–Kier alpha value is -2.05. The van der Waals surface area contributed by atoms with Crippen LogP contribution in [0.5, 0.6) is 11.5 Å². The van der Waals surface area contributed by atoms with Crippen LogP contribution in [-0.4, -0.2) is 29.7 Å². The van der Waals surface area contributed by atoms with Crippen molar-refractivity contribution in [2.75, 3.05) is 19.9 Å². The molecule has 0 radical (unpaired) electrons. The monoisotopic (exact) mass is 357 g/mol. The topological polar surface area (TPSA) is 57.5 Å². The van der Waals surface area contributed by atoms with Gasteiger partial charge in [0, 0.05) is 43.4 Å². The summed E-state index contributed by atoms with van der Waals surface area (Å²) in [6.07, 6.45) is 1.19. The fraction of sp³-hybridized carbons (Fsp3) is 0.550. The standard InChI is InChI=1S/C20H27N3O3/c1-12(15-5-6-17-18(9-15)26-11-25-17)21-10-16-7-8-24-20(16)19-13(2)22-23(4)14(19)3/h5-6,9,12,16,20-21H,7-8,10-11H2,1-4H3/t12?,16-,20+/m1/s1. The second-order valence-electron chi connectivity index (χ2n) is 7.29. The van der Waals surface area contributed by atoms with Crippen molar-refractivity contribution in [3.8, 4) is 11.5 Å². The molecular formula is C20H27N3O3. The fourth-order valence-corrected chi connectivity index (χ4v) is 3.99. The highest BCUT2D eigenvalue weighted by molar-refractivity contribution is 5.45. The van der Waals surface area contributed by atoms with Gasteiger partial charge in [-0.3, -0.25) is 4.68 Å². The Balaban J connectivity index is 1.43. The van der Waals surface area contributed by atoms with Gasteiger partial charge in [-0.15, -0.1) is 0 Å². The molecule has 6 nitrogen and oxygen atoms in total. The van der Waals surface area contributed by atoms with Crippen LogP contribution in [0.3, 0.4) is 0 Å². The summed E-state index contributed by atoms with van der Waals surface area (Å²) in [6.45, 7) is 8.41. The molecule has 2 aromatic rings. The third-order valence-electron chi connectivity index (χ3n) is 5.65. The highest BCUT2D eigenvalue weighted by atomic mass is 16.7. The number of fused-ring (bicyclic) bond motifs is 1. The van der Waals surface area contributed by atoms with Crippen LogP contribution in [0.15, 0.2) is 18.2 Å². The Labute approximate surface area is 154 Å². The lowest BCUT2D eigenvalue weighted by atomic mass is 9.93. The van der Waals surface area contributed by atoms with Gasteiger partial charge in [0.1, 0.15) is 0 Å². The van der Waals surface area contributed by atoms with E-state index in [1.54, 1.807) is 0 Å². The molecule has 140 valence electrons. The van der Waals surface area contributed by atoms with Crippen LogP contribution in [0.4, 0.5) is 0 Å². The van der Waals surface area contributed by atoms with Crippen molar-refractivity contribution in [3.05, 3.63) is 40.7 Å². The molecular weight excluding hydrogens is 330 g/mol. The molecule has 1 fully saturated rings. The predicted molar refractivity (Wildman–Crippen MR) is 98.5 cm³/mol. The van der Waals surface area contributed by atoms with Gasteiger partial charge in [-0.25, -0.2) is 0 Å². The molecule has 0 amide bonds. The molecule has 26 heavy (non-hydrogen) atoms. The Morgan fingerprint density at radius 1 is 1.27 bits per heavy atom. The van der Waals surface area contributed by atoms with Gasteiger partial charge in [0.25, 0.3) is 0 Å². The molecule has 0 bridgehead atoms. The lowest BCUT2D eigenvalue weighted by Gasteiger charge is -2.22. The number of hydrogen-bond acceptors (Lipinski definition) is 5. The zero-order valence-electron chi connectivity index (χ0n) is 15.9. The molecule has 2 aliphatic rings. The first kappa shape index (κ1) is 17.4. The molecule has 1 unspecified atom stereocenters. The van der Waals surface area contributed by atoms with Crippen LogP contribution in [0, 0.1) is 19.8 Å². The fourth-order valence-electron chi connectivity index (χ4n) is 3.99. The number of aromatic nitrogens is 2. The van der Waals surface area contributed by atoms with E-state index in [0.717, 1.165) is 36.8 Å². The third kappa shape index (κ3) is 3.08. The smallest absolute Gasteiger partial charge is 0.231 e. The van der Waals surface area contributed by atoms with E-state index in [4.69, 9.17) is 14.2 Å². The molecule has 4 rings (SSSR count). The second kappa shape index (κ2) is 6.93. The van der Waals surface area contributed by atoms with Crippen LogP contribution in [0.1, 0.15) is 48.0 Å². The first-order valence-electron chi connectivity index (χ1n) is 9.29. The molecule has 3 heterocycles. The first-order chi connectivity index (χ1) is 12.5. The maximum Gasteiger partial charge on any atom is 0.231 e. The normalized spacial score (nSPS) is 22.8. The van der Waals surface area contributed by atoms with Gasteiger partial charge in [-0.2, -0.15) is 5.10 Å². The van der Waals surface area contributed by atoms with Crippen molar-refractivity contribution < 1.29 is 14.2 Å². The average Bonchev–Trinajstić information content (AvgIpc) is 3.32. The van der Waals surface area contributed by atoms with E-state index in [9.17, 15) is 0 Å². The molecule has 0 spiro atoms. The van der Waals surface area contributed by atoms with Crippen LogP contribution < -0.4 is 14.8 Å². The van der Waals surface area contributed by atoms with Crippen molar-refractivity contribution in [2.45, 2.75) is 39.3 Å². The highest BCUT2D eigenvalue weighted by Gasteiger charge is 2.33.